The van der Waals surface area contributed by atoms with E-state index in [1.807, 2.05) is 0 Å². The summed E-state index contributed by atoms with van der Waals surface area (Å²) in [5, 5.41) is 6.07. The van der Waals surface area contributed by atoms with Gasteiger partial charge in [-0.25, -0.2) is 4.79 Å². The average molecular weight is 380 g/mol. The predicted molar refractivity (Wildman–Crippen MR) is 96.0 cm³/mol. The van der Waals surface area contributed by atoms with Crippen LogP contribution in [0.1, 0.15) is 32.1 Å². The summed E-state index contributed by atoms with van der Waals surface area (Å²) in [5.41, 5.74) is -0.798. The highest BCUT2D eigenvalue weighted by Crippen LogP contribution is 2.33. The van der Waals surface area contributed by atoms with E-state index in [1.54, 1.807) is 24.3 Å². The summed E-state index contributed by atoms with van der Waals surface area (Å²) in [7, 11) is 0. The van der Waals surface area contributed by atoms with Gasteiger partial charge in [0.05, 0.1) is 6.54 Å². The molecule has 26 heavy (non-hydrogen) atoms. The standard InChI is InChI=1S/C18H22ClN3O4/c19-13-4-6-14(7-5-13)26-11-10-20-15(23)12-22-16(24)18(21-17(22)25)8-2-1-3-9-18/h4-7H,1-3,8-12H2,(H,20,23)(H,21,25). The van der Waals surface area contributed by atoms with Gasteiger partial charge in [-0.15, -0.1) is 0 Å². The predicted octanol–water partition coefficient (Wildman–Crippen LogP) is 2.09. The zero-order chi connectivity index (χ0) is 18.6. The Kier molecular flexibility index (Phi) is 5.66. The van der Waals surface area contributed by atoms with Crippen LogP contribution in [0.15, 0.2) is 24.3 Å². The second-order valence-electron chi connectivity index (χ2n) is 6.62. The number of halogens is 1. The Morgan fingerprint density at radius 3 is 2.58 bits per heavy atom. The minimum atomic E-state index is -0.798. The Hall–Kier alpha value is -2.28. The van der Waals surface area contributed by atoms with Gasteiger partial charge in [0.1, 0.15) is 24.4 Å². The fourth-order valence-electron chi connectivity index (χ4n) is 3.40. The smallest absolute Gasteiger partial charge is 0.325 e. The SMILES string of the molecule is O=C(CN1C(=O)NC2(CCCCC2)C1=O)NCCOc1ccc(Cl)cc1. The van der Waals surface area contributed by atoms with E-state index >= 15 is 0 Å². The Bertz CT molecular complexity index is 686. The lowest BCUT2D eigenvalue weighted by atomic mass is 9.82. The molecule has 7 nitrogen and oxygen atoms in total. The molecule has 2 N–H and O–H groups in total. The largest absolute Gasteiger partial charge is 0.492 e. The van der Waals surface area contributed by atoms with Crippen molar-refractivity contribution in [2.75, 3.05) is 19.7 Å². The maximum absolute atomic E-state index is 12.6. The van der Waals surface area contributed by atoms with Gasteiger partial charge in [0.2, 0.25) is 5.91 Å². The Balaban J connectivity index is 1.43. The number of benzene rings is 1. The fraction of sp³-hybridized carbons (Fsp3) is 0.500. The molecular weight excluding hydrogens is 358 g/mol. The molecule has 1 saturated carbocycles. The number of urea groups is 1. The highest BCUT2D eigenvalue weighted by molar-refractivity contribution is 6.30. The number of ether oxygens (including phenoxy) is 1. The van der Waals surface area contributed by atoms with Crippen molar-refractivity contribution in [3.05, 3.63) is 29.3 Å². The monoisotopic (exact) mass is 379 g/mol. The molecule has 2 aliphatic rings. The molecule has 3 rings (SSSR count). The van der Waals surface area contributed by atoms with E-state index < -0.39 is 11.6 Å². The minimum absolute atomic E-state index is 0.270. The molecule has 2 fully saturated rings. The first kappa shape index (κ1) is 18.5. The van der Waals surface area contributed by atoms with E-state index in [1.165, 1.54) is 0 Å². The molecule has 1 spiro atoms. The Labute approximate surface area is 157 Å². The molecule has 8 heteroatoms. The highest BCUT2D eigenvalue weighted by atomic mass is 35.5. The summed E-state index contributed by atoms with van der Waals surface area (Å²) in [6, 6.07) is 6.43. The Morgan fingerprint density at radius 1 is 1.19 bits per heavy atom. The van der Waals surface area contributed by atoms with Gasteiger partial charge in [-0.3, -0.25) is 14.5 Å². The van der Waals surface area contributed by atoms with Gasteiger partial charge in [-0.1, -0.05) is 30.9 Å². The minimum Gasteiger partial charge on any atom is -0.492 e. The summed E-state index contributed by atoms with van der Waals surface area (Å²) < 4.78 is 5.48. The summed E-state index contributed by atoms with van der Waals surface area (Å²) in [5.74, 6) is -0.0205. The maximum atomic E-state index is 12.6. The van der Waals surface area contributed by atoms with E-state index in [0.717, 1.165) is 24.2 Å². The summed E-state index contributed by atoms with van der Waals surface area (Å²) >= 11 is 5.80. The van der Waals surface area contributed by atoms with Crippen molar-refractivity contribution in [1.82, 2.24) is 15.5 Å². The third-order valence-corrected chi connectivity index (χ3v) is 5.01. The zero-order valence-electron chi connectivity index (χ0n) is 14.4. The van der Waals surface area contributed by atoms with Crippen molar-refractivity contribution in [3.8, 4) is 5.75 Å². The molecule has 1 saturated heterocycles. The molecule has 1 aliphatic heterocycles. The van der Waals surface area contributed by atoms with Crippen LogP contribution in [0.5, 0.6) is 5.75 Å². The van der Waals surface area contributed by atoms with Gasteiger partial charge in [0.25, 0.3) is 5.91 Å². The van der Waals surface area contributed by atoms with Crippen LogP contribution in [0.3, 0.4) is 0 Å². The van der Waals surface area contributed by atoms with Gasteiger partial charge in [-0.05, 0) is 37.1 Å². The molecule has 0 atom stereocenters. The van der Waals surface area contributed by atoms with E-state index in [0.29, 0.717) is 23.6 Å². The highest BCUT2D eigenvalue weighted by Gasteiger charge is 2.51. The number of hydrogen-bond acceptors (Lipinski definition) is 4. The number of carbonyl (C=O) groups is 3. The van der Waals surface area contributed by atoms with Crippen LogP contribution in [0, 0.1) is 0 Å². The third-order valence-electron chi connectivity index (χ3n) is 4.76. The fourth-order valence-corrected chi connectivity index (χ4v) is 3.53. The van der Waals surface area contributed by atoms with Crippen LogP contribution in [0.2, 0.25) is 5.02 Å². The first-order chi connectivity index (χ1) is 12.5. The van der Waals surface area contributed by atoms with Gasteiger partial charge < -0.3 is 15.4 Å². The van der Waals surface area contributed by atoms with E-state index in [-0.39, 0.29) is 31.5 Å². The molecule has 0 aromatic heterocycles. The second kappa shape index (κ2) is 7.95. The zero-order valence-corrected chi connectivity index (χ0v) is 15.2. The van der Waals surface area contributed by atoms with Crippen molar-refractivity contribution in [2.24, 2.45) is 0 Å². The van der Waals surface area contributed by atoms with Crippen molar-refractivity contribution in [3.63, 3.8) is 0 Å². The summed E-state index contributed by atoms with van der Waals surface area (Å²) in [6.45, 7) is 0.279. The first-order valence-electron chi connectivity index (χ1n) is 8.79. The molecule has 0 unspecified atom stereocenters. The number of nitrogens with zero attached hydrogens (tertiary/aromatic N) is 1. The normalized spacial score (nSPS) is 18.7. The van der Waals surface area contributed by atoms with Crippen LogP contribution in [0.25, 0.3) is 0 Å². The van der Waals surface area contributed by atoms with Crippen molar-refractivity contribution >= 4 is 29.4 Å². The number of nitrogens with one attached hydrogen (secondary N) is 2. The number of carbonyl (C=O) groups excluding carboxylic acids is 3. The van der Waals surface area contributed by atoms with Gasteiger partial charge in [-0.2, -0.15) is 0 Å². The Morgan fingerprint density at radius 2 is 1.88 bits per heavy atom. The molecule has 4 amide bonds. The lowest BCUT2D eigenvalue weighted by Gasteiger charge is -2.30. The molecule has 0 bridgehead atoms. The van der Waals surface area contributed by atoms with Crippen LogP contribution in [-0.4, -0.2) is 48.0 Å². The molecule has 1 aromatic rings. The topological polar surface area (TPSA) is 87.7 Å². The van der Waals surface area contributed by atoms with E-state index in [4.69, 9.17) is 16.3 Å². The molecule has 1 aromatic carbocycles. The third kappa shape index (κ3) is 4.09. The second-order valence-corrected chi connectivity index (χ2v) is 7.05. The summed E-state index contributed by atoms with van der Waals surface area (Å²) in [4.78, 5) is 37.8. The summed E-state index contributed by atoms with van der Waals surface area (Å²) in [6.07, 6.45) is 4.18. The van der Waals surface area contributed by atoms with Crippen molar-refractivity contribution in [2.45, 2.75) is 37.6 Å². The van der Waals surface area contributed by atoms with Crippen molar-refractivity contribution in [1.29, 1.82) is 0 Å². The van der Waals surface area contributed by atoms with Crippen LogP contribution < -0.4 is 15.4 Å². The lowest BCUT2D eigenvalue weighted by molar-refractivity contribution is -0.135. The average Bonchev–Trinajstić information content (AvgIpc) is 2.85. The molecular formula is C18H22ClN3O4. The molecule has 140 valence electrons. The molecule has 1 heterocycles. The molecule has 1 aliphatic carbocycles. The number of rotatable bonds is 6. The van der Waals surface area contributed by atoms with Gasteiger partial charge >= 0.3 is 6.03 Å². The van der Waals surface area contributed by atoms with Gasteiger partial charge in [0, 0.05) is 5.02 Å². The van der Waals surface area contributed by atoms with Crippen LogP contribution in [0.4, 0.5) is 4.79 Å². The van der Waals surface area contributed by atoms with Crippen LogP contribution in [-0.2, 0) is 9.59 Å². The van der Waals surface area contributed by atoms with Crippen LogP contribution >= 0.6 is 11.6 Å². The van der Waals surface area contributed by atoms with E-state index in [9.17, 15) is 14.4 Å². The van der Waals surface area contributed by atoms with E-state index in [2.05, 4.69) is 10.6 Å². The first-order valence-corrected chi connectivity index (χ1v) is 9.17. The number of imide groups is 1. The molecule has 0 radical (unpaired) electrons. The van der Waals surface area contributed by atoms with Gasteiger partial charge in [0.15, 0.2) is 0 Å². The lowest BCUT2D eigenvalue weighted by Crippen LogP contribution is -2.49. The van der Waals surface area contributed by atoms with Crippen molar-refractivity contribution < 1.29 is 19.1 Å². The maximum Gasteiger partial charge on any atom is 0.325 e. The quantitative estimate of drug-likeness (QED) is 0.585. The number of hydrogen-bond donors (Lipinski definition) is 2. The number of amides is 4.